The summed E-state index contributed by atoms with van der Waals surface area (Å²) in [5.41, 5.74) is 2.45. The first kappa shape index (κ1) is 12.2. The molecular weight excluding hydrogens is 212 g/mol. The summed E-state index contributed by atoms with van der Waals surface area (Å²) < 4.78 is 5.57. The first-order valence-electron chi connectivity index (χ1n) is 6.39. The molecule has 0 bridgehead atoms. The summed E-state index contributed by atoms with van der Waals surface area (Å²) in [6.07, 6.45) is 4.49. The Kier molecular flexibility index (Phi) is 3.82. The number of benzene rings is 1. The molecule has 2 rings (SSSR count). The fraction of sp³-hybridized carbons (Fsp3) is 0.533. The van der Waals surface area contributed by atoms with Crippen LogP contribution in [0.4, 0.5) is 0 Å². The molecule has 0 unspecified atom stereocenters. The minimum atomic E-state index is 0.229. The van der Waals surface area contributed by atoms with Crippen LogP contribution in [0.15, 0.2) is 18.2 Å². The first-order valence-corrected chi connectivity index (χ1v) is 6.39. The molecule has 0 aliphatic heterocycles. The highest BCUT2D eigenvalue weighted by molar-refractivity contribution is 5.82. The van der Waals surface area contributed by atoms with Crippen LogP contribution < -0.4 is 4.74 Å². The molecule has 0 amide bonds. The number of carbonyl (C=O) groups is 1. The molecule has 2 nitrogen and oxygen atoms in total. The van der Waals surface area contributed by atoms with Crippen LogP contribution in [0.5, 0.6) is 5.75 Å². The molecular formula is C15H20O2. The van der Waals surface area contributed by atoms with E-state index in [1.54, 1.807) is 0 Å². The van der Waals surface area contributed by atoms with E-state index < -0.39 is 0 Å². The number of hydrogen-bond donors (Lipinski definition) is 0. The van der Waals surface area contributed by atoms with Crippen molar-refractivity contribution in [3.8, 4) is 5.75 Å². The molecule has 0 saturated heterocycles. The molecule has 0 heterocycles. The second kappa shape index (κ2) is 5.35. The Morgan fingerprint density at radius 1 is 1.24 bits per heavy atom. The zero-order valence-corrected chi connectivity index (χ0v) is 10.7. The van der Waals surface area contributed by atoms with E-state index in [-0.39, 0.29) is 18.3 Å². The van der Waals surface area contributed by atoms with Gasteiger partial charge in [0.25, 0.3) is 0 Å². The zero-order chi connectivity index (χ0) is 12.3. The van der Waals surface area contributed by atoms with Gasteiger partial charge in [0.2, 0.25) is 0 Å². The van der Waals surface area contributed by atoms with Gasteiger partial charge in [0.15, 0.2) is 5.78 Å². The monoisotopic (exact) mass is 232 g/mol. The largest absolute Gasteiger partial charge is 0.486 e. The highest BCUT2D eigenvalue weighted by atomic mass is 16.5. The summed E-state index contributed by atoms with van der Waals surface area (Å²) in [4.78, 5) is 11.8. The molecule has 0 spiro atoms. The van der Waals surface area contributed by atoms with Crippen molar-refractivity contribution in [1.82, 2.24) is 0 Å². The maximum atomic E-state index is 11.8. The molecule has 17 heavy (non-hydrogen) atoms. The highest BCUT2D eigenvalue weighted by Gasteiger charge is 2.22. The average molecular weight is 232 g/mol. The van der Waals surface area contributed by atoms with E-state index >= 15 is 0 Å². The average Bonchev–Trinajstić information content (AvgIpc) is 2.84. The van der Waals surface area contributed by atoms with Gasteiger partial charge in [0.1, 0.15) is 12.4 Å². The van der Waals surface area contributed by atoms with Crippen molar-refractivity contribution >= 4 is 5.78 Å². The van der Waals surface area contributed by atoms with E-state index in [9.17, 15) is 4.79 Å². The lowest BCUT2D eigenvalue weighted by molar-refractivity contribution is -0.124. The molecule has 1 saturated carbocycles. The molecule has 92 valence electrons. The topological polar surface area (TPSA) is 26.3 Å². The third-order valence-electron chi connectivity index (χ3n) is 3.67. The standard InChI is InChI=1S/C15H20O2/c1-11-7-8-14(9-12(11)2)17-10-15(16)13-5-3-4-6-13/h7-9,13H,3-6,10H2,1-2H3. The van der Waals surface area contributed by atoms with E-state index in [0.717, 1.165) is 18.6 Å². The number of Topliss-reactive ketones (excluding diaryl/α,β-unsaturated/α-hetero) is 1. The summed E-state index contributed by atoms with van der Waals surface area (Å²) in [6.45, 7) is 4.36. The van der Waals surface area contributed by atoms with E-state index in [0.29, 0.717) is 0 Å². The Balaban J connectivity index is 1.88. The van der Waals surface area contributed by atoms with Gasteiger partial charge in [-0.05, 0) is 49.9 Å². The predicted octanol–water partition coefficient (Wildman–Crippen LogP) is 3.44. The number of ether oxygens (including phenoxy) is 1. The van der Waals surface area contributed by atoms with Crippen molar-refractivity contribution < 1.29 is 9.53 Å². The number of ketones is 1. The second-order valence-electron chi connectivity index (χ2n) is 4.98. The Morgan fingerprint density at radius 3 is 2.59 bits per heavy atom. The summed E-state index contributed by atoms with van der Waals surface area (Å²) in [7, 11) is 0. The first-order chi connectivity index (χ1) is 8.16. The van der Waals surface area contributed by atoms with Crippen LogP contribution in [0.1, 0.15) is 36.8 Å². The minimum absolute atomic E-state index is 0.229. The van der Waals surface area contributed by atoms with Crippen LogP contribution in [-0.4, -0.2) is 12.4 Å². The summed E-state index contributed by atoms with van der Waals surface area (Å²) in [5, 5.41) is 0. The van der Waals surface area contributed by atoms with E-state index in [2.05, 4.69) is 13.8 Å². The Hall–Kier alpha value is -1.31. The van der Waals surface area contributed by atoms with Crippen LogP contribution >= 0.6 is 0 Å². The van der Waals surface area contributed by atoms with Crippen molar-refractivity contribution in [2.75, 3.05) is 6.61 Å². The van der Waals surface area contributed by atoms with E-state index in [1.165, 1.54) is 24.0 Å². The highest BCUT2D eigenvalue weighted by Crippen LogP contribution is 2.25. The van der Waals surface area contributed by atoms with Gasteiger partial charge >= 0.3 is 0 Å². The molecule has 0 N–H and O–H groups in total. The maximum Gasteiger partial charge on any atom is 0.173 e. The quantitative estimate of drug-likeness (QED) is 0.795. The molecule has 0 atom stereocenters. The molecule has 1 aromatic rings. The third-order valence-corrected chi connectivity index (χ3v) is 3.67. The van der Waals surface area contributed by atoms with Crippen LogP contribution in [0.3, 0.4) is 0 Å². The zero-order valence-electron chi connectivity index (χ0n) is 10.7. The minimum Gasteiger partial charge on any atom is -0.486 e. The number of hydrogen-bond acceptors (Lipinski definition) is 2. The SMILES string of the molecule is Cc1ccc(OCC(=O)C2CCCC2)cc1C. The van der Waals surface area contributed by atoms with Gasteiger partial charge in [-0.15, -0.1) is 0 Å². The lowest BCUT2D eigenvalue weighted by Crippen LogP contribution is -2.19. The summed E-state index contributed by atoms with van der Waals surface area (Å²) >= 11 is 0. The normalized spacial score (nSPS) is 16.1. The summed E-state index contributed by atoms with van der Waals surface area (Å²) in [6, 6.07) is 5.96. The number of aryl methyl sites for hydroxylation is 2. The number of rotatable bonds is 4. The maximum absolute atomic E-state index is 11.8. The fourth-order valence-electron chi connectivity index (χ4n) is 2.32. The molecule has 1 fully saturated rings. The third kappa shape index (κ3) is 3.09. The number of carbonyl (C=O) groups excluding carboxylic acids is 1. The molecule has 1 aliphatic rings. The van der Waals surface area contributed by atoms with Crippen LogP contribution in [0, 0.1) is 19.8 Å². The summed E-state index contributed by atoms with van der Waals surface area (Å²) in [5.74, 6) is 1.32. The van der Waals surface area contributed by atoms with Gasteiger partial charge in [0.05, 0.1) is 0 Å². The van der Waals surface area contributed by atoms with Crippen molar-refractivity contribution in [2.24, 2.45) is 5.92 Å². The van der Waals surface area contributed by atoms with Crippen LogP contribution in [-0.2, 0) is 4.79 Å². The molecule has 1 aromatic carbocycles. The van der Waals surface area contributed by atoms with Gasteiger partial charge in [-0.3, -0.25) is 4.79 Å². The van der Waals surface area contributed by atoms with Crippen LogP contribution in [0.2, 0.25) is 0 Å². The lowest BCUT2D eigenvalue weighted by Gasteiger charge is -2.10. The Morgan fingerprint density at radius 2 is 1.94 bits per heavy atom. The van der Waals surface area contributed by atoms with Gasteiger partial charge in [-0.25, -0.2) is 0 Å². The smallest absolute Gasteiger partial charge is 0.173 e. The van der Waals surface area contributed by atoms with Gasteiger partial charge < -0.3 is 4.74 Å². The van der Waals surface area contributed by atoms with Gasteiger partial charge in [0, 0.05) is 5.92 Å². The predicted molar refractivity (Wildman–Crippen MR) is 68.4 cm³/mol. The van der Waals surface area contributed by atoms with Crippen LogP contribution in [0.25, 0.3) is 0 Å². The second-order valence-corrected chi connectivity index (χ2v) is 4.98. The lowest BCUT2D eigenvalue weighted by atomic mass is 10.0. The Bertz CT molecular complexity index is 403. The van der Waals surface area contributed by atoms with Crippen molar-refractivity contribution in [3.63, 3.8) is 0 Å². The molecule has 0 aromatic heterocycles. The van der Waals surface area contributed by atoms with Crippen molar-refractivity contribution in [3.05, 3.63) is 29.3 Å². The fourth-order valence-corrected chi connectivity index (χ4v) is 2.32. The van der Waals surface area contributed by atoms with Gasteiger partial charge in [-0.1, -0.05) is 18.9 Å². The van der Waals surface area contributed by atoms with E-state index in [1.807, 2.05) is 18.2 Å². The Labute approximate surface area is 103 Å². The van der Waals surface area contributed by atoms with Crippen molar-refractivity contribution in [1.29, 1.82) is 0 Å². The van der Waals surface area contributed by atoms with E-state index in [4.69, 9.17) is 4.74 Å². The molecule has 0 radical (unpaired) electrons. The van der Waals surface area contributed by atoms with Crippen molar-refractivity contribution in [2.45, 2.75) is 39.5 Å². The van der Waals surface area contributed by atoms with Gasteiger partial charge in [-0.2, -0.15) is 0 Å². The molecule has 2 heteroatoms. The molecule has 1 aliphatic carbocycles.